The Morgan fingerprint density at radius 1 is 1.18 bits per heavy atom. The number of benzene rings is 1. The summed E-state index contributed by atoms with van der Waals surface area (Å²) in [6.07, 6.45) is -1.47. The van der Waals surface area contributed by atoms with E-state index in [0.29, 0.717) is 4.90 Å². The summed E-state index contributed by atoms with van der Waals surface area (Å²) < 4.78 is 26.8. The molecule has 0 radical (unpaired) electrons. The molecule has 0 spiro atoms. The van der Waals surface area contributed by atoms with E-state index in [9.17, 15) is 32.7 Å². The number of likely N-dealkylation sites (tertiary alicyclic amines) is 1. The van der Waals surface area contributed by atoms with Crippen LogP contribution in [-0.4, -0.2) is 71.7 Å². The number of amides is 5. The van der Waals surface area contributed by atoms with Crippen LogP contribution in [0.2, 0.25) is 0 Å². The number of imide groups is 1. The molecule has 0 saturated carbocycles. The second-order valence-corrected chi connectivity index (χ2v) is 6.93. The van der Waals surface area contributed by atoms with Gasteiger partial charge >= 0.3 is 22.3 Å². The zero-order valence-corrected chi connectivity index (χ0v) is 14.7. The Labute approximate surface area is 157 Å². The summed E-state index contributed by atoms with van der Waals surface area (Å²) in [5.74, 6) is -2.70. The third-order valence-electron chi connectivity index (χ3n) is 3.38. The molecule has 15 heteroatoms. The van der Waals surface area contributed by atoms with E-state index in [1.165, 1.54) is 10.8 Å². The van der Waals surface area contributed by atoms with Gasteiger partial charge in [0.05, 0.1) is 13.1 Å². The van der Waals surface area contributed by atoms with Crippen molar-refractivity contribution in [2.45, 2.75) is 6.04 Å². The summed E-state index contributed by atoms with van der Waals surface area (Å²) in [6, 6.07) is 0.920. The number of phenolic OH excluding ortho intramolecular Hbond substituents is 2. The van der Waals surface area contributed by atoms with Crippen molar-refractivity contribution in [2.75, 3.05) is 18.4 Å². The standard InChI is InChI=1S/C13H15N5O9S/c19-8-2-1-6(3-9(8)20)15-10(21)4-14-28(26,27)17-12(23)18-5-7(11(18)22)16-13(24)25/h1-3,7,14,16,19-20H,4-5H2,(H,15,21)(H,17,23)(H,24,25). The number of carboxylic acid groups (broad SMARTS) is 1. The van der Waals surface area contributed by atoms with Crippen LogP contribution in [-0.2, 0) is 19.8 Å². The molecule has 0 aromatic heterocycles. The van der Waals surface area contributed by atoms with Crippen LogP contribution in [0.4, 0.5) is 15.3 Å². The topological polar surface area (TPSA) is 214 Å². The molecule has 0 bridgehead atoms. The highest BCUT2D eigenvalue weighted by atomic mass is 32.2. The van der Waals surface area contributed by atoms with Gasteiger partial charge in [-0.15, -0.1) is 0 Å². The van der Waals surface area contributed by atoms with Gasteiger partial charge in [-0.25, -0.2) is 14.3 Å². The SMILES string of the molecule is O=C(O)NC1CN(C(=O)NS(=O)(=O)NCC(=O)Nc2ccc(O)c(O)c2)C1=O. The number of nitrogens with one attached hydrogen (secondary N) is 4. The van der Waals surface area contributed by atoms with Gasteiger partial charge in [-0.05, 0) is 12.1 Å². The van der Waals surface area contributed by atoms with Gasteiger partial charge in [0.1, 0.15) is 6.04 Å². The van der Waals surface area contributed by atoms with Crippen molar-refractivity contribution in [1.82, 2.24) is 19.7 Å². The van der Waals surface area contributed by atoms with E-state index in [2.05, 4.69) is 5.32 Å². The maximum atomic E-state index is 11.8. The summed E-state index contributed by atoms with van der Waals surface area (Å²) in [5, 5.41) is 31.0. The predicted molar refractivity (Wildman–Crippen MR) is 90.5 cm³/mol. The number of rotatable bonds is 6. The maximum Gasteiger partial charge on any atom is 0.405 e. The fourth-order valence-electron chi connectivity index (χ4n) is 2.04. The number of anilines is 1. The van der Waals surface area contributed by atoms with Gasteiger partial charge in [0.25, 0.3) is 5.91 Å². The van der Waals surface area contributed by atoms with E-state index in [1.54, 1.807) is 4.72 Å². The average Bonchev–Trinajstić information content (AvgIpc) is 2.58. The molecule has 1 saturated heterocycles. The normalized spacial score (nSPS) is 16.1. The number of hydrogen-bond acceptors (Lipinski definition) is 8. The number of urea groups is 1. The van der Waals surface area contributed by atoms with Gasteiger partial charge in [0.2, 0.25) is 5.91 Å². The van der Waals surface area contributed by atoms with Gasteiger partial charge in [-0.3, -0.25) is 14.5 Å². The maximum absolute atomic E-state index is 11.8. The number of carbonyl (C=O) groups is 4. The molecule has 1 aliphatic heterocycles. The zero-order valence-electron chi connectivity index (χ0n) is 13.9. The molecular weight excluding hydrogens is 402 g/mol. The lowest BCUT2D eigenvalue weighted by molar-refractivity contribution is -0.139. The Hall–Kier alpha value is -3.59. The lowest BCUT2D eigenvalue weighted by atomic mass is 10.1. The molecule has 5 amide bonds. The summed E-state index contributed by atoms with van der Waals surface area (Å²) >= 11 is 0. The van der Waals surface area contributed by atoms with Crippen molar-refractivity contribution in [2.24, 2.45) is 0 Å². The van der Waals surface area contributed by atoms with Crippen LogP contribution in [0.5, 0.6) is 11.5 Å². The number of hydrogen-bond donors (Lipinski definition) is 7. The van der Waals surface area contributed by atoms with Crippen LogP contribution in [0.1, 0.15) is 0 Å². The highest BCUT2D eigenvalue weighted by Gasteiger charge is 2.42. The van der Waals surface area contributed by atoms with Crippen LogP contribution in [0.3, 0.4) is 0 Å². The predicted octanol–water partition coefficient (Wildman–Crippen LogP) is -1.94. The number of aromatic hydroxyl groups is 2. The molecule has 14 nitrogen and oxygen atoms in total. The highest BCUT2D eigenvalue weighted by molar-refractivity contribution is 7.88. The van der Waals surface area contributed by atoms with E-state index in [4.69, 9.17) is 10.2 Å². The molecule has 1 fully saturated rings. The van der Waals surface area contributed by atoms with Crippen molar-refractivity contribution in [1.29, 1.82) is 0 Å². The van der Waals surface area contributed by atoms with Gasteiger partial charge in [-0.2, -0.15) is 13.1 Å². The Morgan fingerprint density at radius 3 is 2.43 bits per heavy atom. The van der Waals surface area contributed by atoms with Crippen LogP contribution in [0, 0.1) is 0 Å². The monoisotopic (exact) mass is 417 g/mol. The molecule has 1 aliphatic rings. The first-order chi connectivity index (χ1) is 13.0. The highest BCUT2D eigenvalue weighted by Crippen LogP contribution is 2.27. The summed E-state index contributed by atoms with van der Waals surface area (Å²) in [4.78, 5) is 45.9. The lowest BCUT2D eigenvalue weighted by Gasteiger charge is -2.35. The van der Waals surface area contributed by atoms with E-state index in [1.807, 2.05) is 5.32 Å². The number of β-lactam (4-membered cyclic amide) rings is 1. The van der Waals surface area contributed by atoms with Crippen LogP contribution >= 0.6 is 0 Å². The number of phenols is 2. The Balaban J connectivity index is 1.82. The van der Waals surface area contributed by atoms with Crippen molar-refractivity contribution in [3.63, 3.8) is 0 Å². The minimum absolute atomic E-state index is 0.0756. The molecule has 1 aromatic carbocycles. The fraction of sp³-hybridized carbons (Fsp3) is 0.231. The number of nitrogens with zero attached hydrogens (tertiary/aromatic N) is 1. The molecular formula is C13H15N5O9S. The van der Waals surface area contributed by atoms with E-state index in [-0.39, 0.29) is 12.2 Å². The molecule has 1 unspecified atom stereocenters. The van der Waals surface area contributed by atoms with Gasteiger partial charge < -0.3 is 26.0 Å². The first kappa shape index (κ1) is 20.7. The van der Waals surface area contributed by atoms with Crippen molar-refractivity contribution >= 4 is 39.8 Å². The second-order valence-electron chi connectivity index (χ2n) is 5.43. The smallest absolute Gasteiger partial charge is 0.405 e. The average molecular weight is 417 g/mol. The van der Waals surface area contributed by atoms with E-state index in [0.717, 1.165) is 12.1 Å². The molecule has 28 heavy (non-hydrogen) atoms. The molecule has 7 N–H and O–H groups in total. The molecule has 152 valence electrons. The number of carbonyl (C=O) groups excluding carboxylic acids is 3. The van der Waals surface area contributed by atoms with Gasteiger partial charge in [0.15, 0.2) is 11.5 Å². The quantitative estimate of drug-likeness (QED) is 0.155. The van der Waals surface area contributed by atoms with Crippen LogP contribution in [0.25, 0.3) is 0 Å². The summed E-state index contributed by atoms with van der Waals surface area (Å²) in [6.45, 7) is -1.14. The third-order valence-corrected chi connectivity index (χ3v) is 4.34. The van der Waals surface area contributed by atoms with Gasteiger partial charge in [-0.1, -0.05) is 0 Å². The van der Waals surface area contributed by atoms with Crippen LogP contribution < -0.4 is 20.1 Å². The van der Waals surface area contributed by atoms with E-state index < -0.39 is 58.2 Å². The first-order valence-electron chi connectivity index (χ1n) is 7.42. The Morgan fingerprint density at radius 2 is 1.86 bits per heavy atom. The second kappa shape index (κ2) is 7.97. The zero-order chi connectivity index (χ0) is 21.1. The molecule has 1 atom stereocenters. The fourth-order valence-corrected chi connectivity index (χ4v) is 2.77. The lowest BCUT2D eigenvalue weighted by Crippen LogP contribution is -2.67. The summed E-state index contributed by atoms with van der Waals surface area (Å²) in [7, 11) is -4.50. The van der Waals surface area contributed by atoms with Crippen LogP contribution in [0.15, 0.2) is 18.2 Å². The minimum atomic E-state index is -4.50. The Bertz CT molecular complexity index is 932. The largest absolute Gasteiger partial charge is 0.504 e. The summed E-state index contributed by atoms with van der Waals surface area (Å²) in [5.41, 5.74) is 0.0756. The van der Waals surface area contributed by atoms with Crippen molar-refractivity contribution < 1.29 is 42.9 Å². The molecule has 0 aliphatic carbocycles. The van der Waals surface area contributed by atoms with Gasteiger partial charge in [0, 0.05) is 11.8 Å². The van der Waals surface area contributed by atoms with E-state index >= 15 is 0 Å². The minimum Gasteiger partial charge on any atom is -0.504 e. The third kappa shape index (κ3) is 5.21. The Kier molecular flexibility index (Phi) is 5.90. The first-order valence-corrected chi connectivity index (χ1v) is 8.91. The molecule has 1 aromatic rings. The molecule has 2 rings (SSSR count). The van der Waals surface area contributed by atoms with Crippen molar-refractivity contribution in [3.8, 4) is 11.5 Å². The van der Waals surface area contributed by atoms with Crippen molar-refractivity contribution in [3.05, 3.63) is 18.2 Å². The molecule has 1 heterocycles.